The molecule has 0 spiro atoms. The zero-order valence-electron chi connectivity index (χ0n) is 18.3. The average Bonchev–Trinajstić information content (AvgIpc) is 2.82. The minimum atomic E-state index is -0.685. The van der Waals surface area contributed by atoms with Gasteiger partial charge in [0.15, 0.2) is 6.10 Å². The molecule has 2 amide bonds. The lowest BCUT2D eigenvalue weighted by molar-refractivity contribution is -0.139. The molecule has 4 rings (SSSR count). The van der Waals surface area contributed by atoms with Crippen molar-refractivity contribution in [2.75, 3.05) is 24.5 Å². The van der Waals surface area contributed by atoms with Gasteiger partial charge in [-0.3, -0.25) is 9.59 Å². The molecule has 6 nitrogen and oxygen atoms in total. The van der Waals surface area contributed by atoms with Crippen LogP contribution in [0, 0.1) is 0 Å². The van der Waals surface area contributed by atoms with Gasteiger partial charge in [-0.2, -0.15) is 0 Å². The number of carbonyl (C=O) groups excluding carboxylic acids is 2. The number of anilines is 1. The van der Waals surface area contributed by atoms with Crippen molar-refractivity contribution in [3.05, 3.63) is 59.7 Å². The topological polar surface area (TPSA) is 59.1 Å². The van der Waals surface area contributed by atoms with E-state index in [1.165, 1.54) is 0 Å². The molecule has 0 aromatic heterocycles. The average molecular weight is 423 g/mol. The van der Waals surface area contributed by atoms with E-state index in [0.29, 0.717) is 23.6 Å². The minimum Gasteiger partial charge on any atom is -0.476 e. The number of hydrogen-bond acceptors (Lipinski definition) is 4. The third-order valence-corrected chi connectivity index (χ3v) is 5.75. The molecule has 2 aliphatic heterocycles. The van der Waals surface area contributed by atoms with E-state index in [-0.39, 0.29) is 24.5 Å². The van der Waals surface area contributed by atoms with E-state index in [0.717, 1.165) is 37.9 Å². The first-order valence-corrected chi connectivity index (χ1v) is 11.1. The van der Waals surface area contributed by atoms with Gasteiger partial charge in [0, 0.05) is 18.7 Å². The first-order chi connectivity index (χ1) is 15.0. The molecule has 164 valence electrons. The van der Waals surface area contributed by atoms with Crippen molar-refractivity contribution < 1.29 is 19.1 Å². The number of likely N-dealkylation sites (tertiary alicyclic amines) is 1. The van der Waals surface area contributed by atoms with Crippen LogP contribution < -0.4 is 9.64 Å². The maximum absolute atomic E-state index is 13.4. The van der Waals surface area contributed by atoms with Crippen molar-refractivity contribution in [2.24, 2.45) is 0 Å². The number of hydrogen-bond donors (Lipinski definition) is 0. The zero-order chi connectivity index (χ0) is 21.8. The van der Waals surface area contributed by atoms with Gasteiger partial charge >= 0.3 is 0 Å². The van der Waals surface area contributed by atoms with Gasteiger partial charge in [0.25, 0.3) is 11.8 Å². The number of rotatable bonds is 5. The second kappa shape index (κ2) is 9.52. The summed E-state index contributed by atoms with van der Waals surface area (Å²) in [4.78, 5) is 30.0. The Kier molecular flexibility index (Phi) is 6.56. The molecule has 0 N–H and O–H groups in total. The van der Waals surface area contributed by atoms with E-state index in [9.17, 15) is 9.59 Å². The van der Waals surface area contributed by atoms with Crippen LogP contribution in [0.1, 0.15) is 49.0 Å². The third kappa shape index (κ3) is 4.90. The molecular weight excluding hydrogens is 392 g/mol. The molecule has 1 fully saturated rings. The highest BCUT2D eigenvalue weighted by Crippen LogP contribution is 2.34. The Morgan fingerprint density at radius 3 is 2.45 bits per heavy atom. The Hall–Kier alpha value is -2.86. The highest BCUT2D eigenvalue weighted by molar-refractivity contribution is 6.07. The van der Waals surface area contributed by atoms with Crippen LogP contribution >= 0.6 is 0 Å². The van der Waals surface area contributed by atoms with Crippen LogP contribution in [0.15, 0.2) is 48.5 Å². The number of carbonyl (C=O) groups is 2. The molecular formula is C25H30N2O4. The Labute approximate surface area is 183 Å². The quantitative estimate of drug-likeness (QED) is 0.730. The molecule has 0 saturated carbocycles. The number of nitrogens with zero attached hydrogens (tertiary/aromatic N) is 2. The molecule has 0 aliphatic carbocycles. The van der Waals surface area contributed by atoms with Crippen LogP contribution in [-0.4, -0.2) is 48.6 Å². The standard InChI is InChI=1S/C25H30N2O4/c1-18(2)30-17-19-10-12-20(13-11-19)24(28)27-16-23(25(29)26-14-6-3-7-15-26)31-22-9-5-4-8-21(22)27/h4-5,8-13,18,23H,3,6-7,14-17H2,1-2H3/t23-/m0/s1. The van der Waals surface area contributed by atoms with E-state index in [4.69, 9.17) is 9.47 Å². The van der Waals surface area contributed by atoms with Crippen LogP contribution in [0.4, 0.5) is 5.69 Å². The third-order valence-electron chi connectivity index (χ3n) is 5.75. The van der Waals surface area contributed by atoms with E-state index in [1.54, 1.807) is 4.90 Å². The zero-order valence-corrected chi connectivity index (χ0v) is 18.3. The predicted octanol–water partition coefficient (Wildman–Crippen LogP) is 4.03. The molecule has 2 aromatic carbocycles. The van der Waals surface area contributed by atoms with Crippen LogP contribution in [0.2, 0.25) is 0 Å². The van der Waals surface area contributed by atoms with Crippen molar-refractivity contribution in [3.8, 4) is 5.75 Å². The fourth-order valence-corrected chi connectivity index (χ4v) is 4.04. The van der Waals surface area contributed by atoms with Gasteiger partial charge in [0.05, 0.1) is 24.9 Å². The highest BCUT2D eigenvalue weighted by atomic mass is 16.5. The highest BCUT2D eigenvalue weighted by Gasteiger charge is 2.36. The Bertz CT molecular complexity index is 919. The fourth-order valence-electron chi connectivity index (χ4n) is 4.04. The first kappa shape index (κ1) is 21.4. The summed E-state index contributed by atoms with van der Waals surface area (Å²) in [5.41, 5.74) is 2.29. The number of benzene rings is 2. The van der Waals surface area contributed by atoms with Crippen LogP contribution in [0.3, 0.4) is 0 Å². The molecule has 31 heavy (non-hydrogen) atoms. The van der Waals surface area contributed by atoms with Gasteiger partial charge in [-0.05, 0) is 62.9 Å². The summed E-state index contributed by atoms with van der Waals surface area (Å²) in [6.45, 7) is 6.23. The number of ether oxygens (including phenoxy) is 2. The lowest BCUT2D eigenvalue weighted by Gasteiger charge is -2.37. The van der Waals surface area contributed by atoms with Crippen molar-refractivity contribution in [1.82, 2.24) is 4.90 Å². The largest absolute Gasteiger partial charge is 0.476 e. The maximum atomic E-state index is 13.4. The maximum Gasteiger partial charge on any atom is 0.265 e. The van der Waals surface area contributed by atoms with Gasteiger partial charge < -0.3 is 19.3 Å². The summed E-state index contributed by atoms with van der Waals surface area (Å²) in [5, 5.41) is 0. The molecule has 0 bridgehead atoms. The monoisotopic (exact) mass is 422 g/mol. The summed E-state index contributed by atoms with van der Waals surface area (Å²) in [6, 6.07) is 14.9. The smallest absolute Gasteiger partial charge is 0.265 e. The van der Waals surface area contributed by atoms with E-state index < -0.39 is 6.10 Å². The summed E-state index contributed by atoms with van der Waals surface area (Å²) >= 11 is 0. The minimum absolute atomic E-state index is 0.0341. The Morgan fingerprint density at radius 1 is 1.03 bits per heavy atom. The van der Waals surface area contributed by atoms with Crippen molar-refractivity contribution in [2.45, 2.75) is 51.9 Å². The molecule has 1 atom stereocenters. The van der Waals surface area contributed by atoms with Crippen LogP contribution in [0.25, 0.3) is 0 Å². The summed E-state index contributed by atoms with van der Waals surface area (Å²) in [6.07, 6.45) is 2.66. The lowest BCUT2D eigenvalue weighted by atomic mass is 10.1. The Balaban J connectivity index is 1.54. The summed E-state index contributed by atoms with van der Waals surface area (Å²) in [7, 11) is 0. The van der Waals surface area contributed by atoms with Gasteiger partial charge in [-0.15, -0.1) is 0 Å². The van der Waals surface area contributed by atoms with Gasteiger partial charge in [-0.25, -0.2) is 0 Å². The predicted molar refractivity (Wildman–Crippen MR) is 119 cm³/mol. The van der Waals surface area contributed by atoms with E-state index >= 15 is 0 Å². The Morgan fingerprint density at radius 2 is 1.74 bits per heavy atom. The summed E-state index contributed by atoms with van der Waals surface area (Å²) in [5.74, 6) is 0.399. The van der Waals surface area contributed by atoms with Gasteiger partial charge in [0.1, 0.15) is 5.75 Å². The number of para-hydroxylation sites is 2. The normalized spacial score (nSPS) is 18.5. The number of piperidine rings is 1. The molecule has 2 aromatic rings. The molecule has 2 aliphatic rings. The second-order valence-electron chi connectivity index (χ2n) is 8.43. The fraction of sp³-hybridized carbons (Fsp3) is 0.440. The van der Waals surface area contributed by atoms with Crippen LogP contribution in [0.5, 0.6) is 5.75 Å². The lowest BCUT2D eigenvalue weighted by Crippen LogP contribution is -2.52. The molecule has 0 radical (unpaired) electrons. The second-order valence-corrected chi connectivity index (χ2v) is 8.43. The molecule has 6 heteroatoms. The van der Waals surface area contributed by atoms with Gasteiger partial charge in [-0.1, -0.05) is 24.3 Å². The van der Waals surface area contributed by atoms with E-state index in [1.807, 2.05) is 67.3 Å². The summed E-state index contributed by atoms with van der Waals surface area (Å²) < 4.78 is 11.7. The molecule has 0 unspecified atom stereocenters. The first-order valence-electron chi connectivity index (χ1n) is 11.1. The molecule has 2 heterocycles. The van der Waals surface area contributed by atoms with E-state index in [2.05, 4.69) is 0 Å². The number of fused-ring (bicyclic) bond motifs is 1. The SMILES string of the molecule is CC(C)OCc1ccc(C(=O)N2C[C@@H](C(=O)N3CCCCC3)Oc3ccccc32)cc1. The number of amides is 2. The van der Waals surface area contributed by atoms with Gasteiger partial charge in [0.2, 0.25) is 0 Å². The van der Waals surface area contributed by atoms with Crippen molar-refractivity contribution >= 4 is 17.5 Å². The molecule has 1 saturated heterocycles. The van der Waals surface area contributed by atoms with Crippen LogP contribution in [-0.2, 0) is 16.1 Å². The van der Waals surface area contributed by atoms with Crippen molar-refractivity contribution in [1.29, 1.82) is 0 Å². The van der Waals surface area contributed by atoms with Crippen molar-refractivity contribution in [3.63, 3.8) is 0 Å².